The molecule has 0 aliphatic carbocycles. The third-order valence-electron chi connectivity index (χ3n) is 3.47. The van der Waals surface area contributed by atoms with Gasteiger partial charge in [-0.1, -0.05) is 11.3 Å². The van der Waals surface area contributed by atoms with Crippen LogP contribution in [0.1, 0.15) is 46.4 Å². The summed E-state index contributed by atoms with van der Waals surface area (Å²) < 4.78 is 0. The molecule has 114 valence electrons. The van der Waals surface area contributed by atoms with Crippen molar-refractivity contribution in [2.75, 3.05) is 0 Å². The summed E-state index contributed by atoms with van der Waals surface area (Å²) in [7, 11) is 0. The summed E-state index contributed by atoms with van der Waals surface area (Å²) in [6.07, 6.45) is 1.05. The van der Waals surface area contributed by atoms with E-state index in [0.717, 1.165) is 0 Å². The van der Waals surface area contributed by atoms with Crippen LogP contribution in [-0.4, -0.2) is 38.6 Å². The Hall–Kier alpha value is -2.62. The molecule has 1 aromatic heterocycles. The number of carbonyl (C=O) groups excluding carboxylic acids is 4. The highest BCUT2D eigenvalue weighted by Gasteiger charge is 2.48. The fourth-order valence-electron chi connectivity index (χ4n) is 2.47. The van der Waals surface area contributed by atoms with Crippen LogP contribution in [-0.2, 0) is 9.59 Å². The Kier molecular flexibility index (Phi) is 3.24. The molecule has 0 N–H and O–H groups in total. The first-order valence-corrected chi connectivity index (χ1v) is 7.31. The van der Waals surface area contributed by atoms with Gasteiger partial charge in [0.25, 0.3) is 11.8 Å². The molecule has 9 nitrogen and oxygen atoms in total. The van der Waals surface area contributed by atoms with Gasteiger partial charge in [-0.3, -0.25) is 29.3 Å². The maximum absolute atomic E-state index is 12.4. The lowest BCUT2D eigenvalue weighted by molar-refractivity contribution is -0.380. The largest absolute Gasteiger partial charge is 0.337 e. The van der Waals surface area contributed by atoms with Crippen molar-refractivity contribution < 1.29 is 24.1 Å². The number of amides is 4. The molecule has 0 saturated carbocycles. The predicted molar refractivity (Wildman–Crippen MR) is 71.8 cm³/mol. The van der Waals surface area contributed by atoms with Gasteiger partial charge in [-0.05, 0) is 12.8 Å². The Balaban J connectivity index is 2.05. The van der Waals surface area contributed by atoms with Crippen LogP contribution in [0.25, 0.3) is 0 Å². The molecule has 0 bridgehead atoms. The maximum atomic E-state index is 12.4. The summed E-state index contributed by atoms with van der Waals surface area (Å²) >= 11 is 0.666. The molecule has 0 spiro atoms. The Morgan fingerprint density at radius 2 is 1.59 bits per heavy atom. The van der Waals surface area contributed by atoms with Gasteiger partial charge in [-0.2, -0.15) is 10.0 Å². The van der Waals surface area contributed by atoms with Crippen LogP contribution in [0.4, 0.5) is 5.00 Å². The third-order valence-corrected chi connectivity index (χ3v) is 4.40. The van der Waals surface area contributed by atoms with E-state index in [1.165, 1.54) is 5.38 Å². The quantitative estimate of drug-likeness (QED) is 0.457. The number of nitrogens with zero attached hydrogens (tertiary/aromatic N) is 3. The Bertz CT molecular complexity index is 721. The van der Waals surface area contributed by atoms with Crippen molar-refractivity contribution in [3.05, 3.63) is 26.6 Å². The second-order valence-corrected chi connectivity index (χ2v) is 5.67. The van der Waals surface area contributed by atoms with Gasteiger partial charge in [0.05, 0.1) is 10.5 Å². The van der Waals surface area contributed by atoms with Crippen LogP contribution in [0.5, 0.6) is 0 Å². The van der Waals surface area contributed by atoms with Crippen LogP contribution >= 0.6 is 11.3 Å². The van der Waals surface area contributed by atoms with E-state index in [2.05, 4.69) is 0 Å². The third kappa shape index (κ3) is 1.91. The number of fused-ring (bicyclic) bond motifs is 1. The summed E-state index contributed by atoms with van der Waals surface area (Å²) in [6, 6.07) is 0. The second-order valence-electron chi connectivity index (χ2n) is 4.82. The first kappa shape index (κ1) is 14.3. The Morgan fingerprint density at radius 3 is 2.14 bits per heavy atom. The first-order valence-electron chi connectivity index (χ1n) is 6.44. The van der Waals surface area contributed by atoms with E-state index < -0.39 is 33.6 Å². The summed E-state index contributed by atoms with van der Waals surface area (Å²) in [5.74, 6) is -3.19. The van der Waals surface area contributed by atoms with E-state index >= 15 is 0 Å². The van der Waals surface area contributed by atoms with Crippen LogP contribution in [0.2, 0.25) is 0 Å². The zero-order chi connectivity index (χ0) is 16.0. The van der Waals surface area contributed by atoms with Crippen molar-refractivity contribution in [1.82, 2.24) is 10.0 Å². The van der Waals surface area contributed by atoms with Crippen LogP contribution in [0.15, 0.2) is 5.38 Å². The Labute approximate surface area is 127 Å². The SMILES string of the molecule is O=C1CCCCC(=O)N1N1C(=O)c2csc([N+](=O)[O-])c2C1=O. The second kappa shape index (κ2) is 4.98. The van der Waals surface area contributed by atoms with Crippen molar-refractivity contribution in [3.8, 4) is 0 Å². The molecule has 0 atom stereocenters. The van der Waals surface area contributed by atoms with Gasteiger partial charge in [-0.15, -0.1) is 0 Å². The van der Waals surface area contributed by atoms with Crippen molar-refractivity contribution in [1.29, 1.82) is 0 Å². The van der Waals surface area contributed by atoms with Gasteiger partial charge in [0.15, 0.2) is 0 Å². The highest BCUT2D eigenvalue weighted by atomic mass is 32.1. The molecule has 3 heterocycles. The molecule has 4 amide bonds. The molecule has 3 rings (SSSR count). The zero-order valence-corrected chi connectivity index (χ0v) is 11.9. The summed E-state index contributed by atoms with van der Waals surface area (Å²) in [6.45, 7) is 0. The highest BCUT2D eigenvalue weighted by Crippen LogP contribution is 2.37. The molecular formula is C12H9N3O6S. The minimum Gasteiger partial charge on any atom is -0.273 e. The molecule has 1 aromatic rings. The Morgan fingerprint density at radius 1 is 1.00 bits per heavy atom. The minimum atomic E-state index is -1.00. The lowest BCUT2D eigenvalue weighted by atomic mass is 10.2. The van der Waals surface area contributed by atoms with Crippen molar-refractivity contribution in [2.24, 2.45) is 0 Å². The van der Waals surface area contributed by atoms with Crippen molar-refractivity contribution >= 4 is 40.0 Å². The number of imide groups is 2. The van der Waals surface area contributed by atoms with Crippen LogP contribution < -0.4 is 0 Å². The molecule has 22 heavy (non-hydrogen) atoms. The van der Waals surface area contributed by atoms with Gasteiger partial charge in [-0.25, -0.2) is 0 Å². The van der Waals surface area contributed by atoms with Crippen molar-refractivity contribution in [2.45, 2.75) is 25.7 Å². The number of hydrazine groups is 1. The van der Waals surface area contributed by atoms with Crippen LogP contribution in [0, 0.1) is 10.1 Å². The van der Waals surface area contributed by atoms with E-state index in [9.17, 15) is 29.3 Å². The fourth-order valence-corrected chi connectivity index (χ4v) is 3.32. The maximum Gasteiger partial charge on any atom is 0.337 e. The van der Waals surface area contributed by atoms with Gasteiger partial charge < -0.3 is 0 Å². The number of hydrogen-bond donors (Lipinski definition) is 0. The summed E-state index contributed by atoms with van der Waals surface area (Å²) in [4.78, 5) is 58.9. The lowest BCUT2D eigenvalue weighted by Gasteiger charge is -2.26. The smallest absolute Gasteiger partial charge is 0.273 e. The van der Waals surface area contributed by atoms with E-state index in [4.69, 9.17) is 0 Å². The average Bonchev–Trinajstić information content (AvgIpc) is 2.95. The zero-order valence-electron chi connectivity index (χ0n) is 11.1. The van der Waals surface area contributed by atoms with Gasteiger partial charge in [0.2, 0.25) is 11.8 Å². The molecule has 0 aromatic carbocycles. The number of thiophene rings is 1. The molecule has 10 heteroatoms. The van der Waals surface area contributed by atoms with E-state index in [1.807, 2.05) is 0 Å². The van der Waals surface area contributed by atoms with E-state index in [1.54, 1.807) is 0 Å². The lowest BCUT2D eigenvalue weighted by Crippen LogP contribution is -2.52. The fraction of sp³-hybridized carbons (Fsp3) is 0.333. The molecule has 2 aliphatic heterocycles. The van der Waals surface area contributed by atoms with Crippen molar-refractivity contribution in [3.63, 3.8) is 0 Å². The molecular weight excluding hydrogens is 314 g/mol. The number of nitro groups is 1. The summed E-state index contributed by atoms with van der Waals surface area (Å²) in [5.41, 5.74) is -0.503. The molecule has 1 saturated heterocycles. The monoisotopic (exact) mass is 323 g/mol. The molecule has 0 unspecified atom stereocenters. The van der Waals surface area contributed by atoms with Gasteiger partial charge in [0, 0.05) is 18.2 Å². The normalized spacial score (nSPS) is 18.7. The predicted octanol–water partition coefficient (Wildman–Crippen LogP) is 1.10. The minimum absolute atomic E-state index is 0.0394. The number of hydrogen-bond acceptors (Lipinski definition) is 7. The standard InChI is InChI=1S/C12H9N3O6S/c16-7-3-1-2-4-8(17)13(7)14-10(18)6-5-22-12(15(20)21)9(6)11(14)19/h5H,1-4H2. The molecule has 0 radical (unpaired) electrons. The number of rotatable bonds is 2. The topological polar surface area (TPSA) is 118 Å². The summed E-state index contributed by atoms with van der Waals surface area (Å²) in [5, 5.41) is 12.6. The van der Waals surface area contributed by atoms with Gasteiger partial charge in [0.1, 0.15) is 5.56 Å². The number of carbonyl (C=O) groups is 4. The van der Waals surface area contributed by atoms with Gasteiger partial charge >= 0.3 is 5.00 Å². The molecule has 2 aliphatic rings. The highest BCUT2D eigenvalue weighted by molar-refractivity contribution is 7.14. The van der Waals surface area contributed by atoms with E-state index in [0.29, 0.717) is 34.2 Å². The first-order chi connectivity index (χ1) is 10.4. The van der Waals surface area contributed by atoms with E-state index in [-0.39, 0.29) is 24.0 Å². The molecule has 1 fully saturated rings. The average molecular weight is 323 g/mol. The van der Waals surface area contributed by atoms with Crippen LogP contribution in [0.3, 0.4) is 0 Å².